The number of hydrogen-bond acceptors (Lipinski definition) is 2. The van der Waals surface area contributed by atoms with Crippen molar-refractivity contribution < 1.29 is 4.74 Å². The van der Waals surface area contributed by atoms with Gasteiger partial charge in [-0.2, -0.15) is 0 Å². The summed E-state index contributed by atoms with van der Waals surface area (Å²) in [6, 6.07) is 0. The standard InChI is InChI=1S/C8H15N3O/c1-9-8(10-2)11-5-4-7(6-11)12-3/h7H,1,4-6H2,2-3H3. The first kappa shape index (κ1) is 9.19. The molecule has 0 aromatic rings. The van der Waals surface area contributed by atoms with Crippen LogP contribution in [0, 0.1) is 0 Å². The average molecular weight is 169 g/mol. The quantitative estimate of drug-likeness (QED) is 0.420. The van der Waals surface area contributed by atoms with Crippen molar-refractivity contribution in [2.45, 2.75) is 12.5 Å². The van der Waals surface area contributed by atoms with E-state index >= 15 is 0 Å². The molecule has 0 saturated carbocycles. The molecule has 1 fully saturated rings. The molecule has 4 nitrogen and oxygen atoms in total. The van der Waals surface area contributed by atoms with Crippen LogP contribution in [0.3, 0.4) is 0 Å². The average Bonchev–Trinajstić information content (AvgIpc) is 2.55. The van der Waals surface area contributed by atoms with Gasteiger partial charge in [0, 0.05) is 27.2 Å². The number of guanidine groups is 1. The molecule has 1 aliphatic rings. The van der Waals surface area contributed by atoms with Crippen LogP contribution in [0.1, 0.15) is 6.42 Å². The predicted molar refractivity (Wildman–Crippen MR) is 49.9 cm³/mol. The lowest BCUT2D eigenvalue weighted by molar-refractivity contribution is 0.114. The molecular formula is C8H15N3O. The summed E-state index contributed by atoms with van der Waals surface area (Å²) in [4.78, 5) is 9.93. The van der Waals surface area contributed by atoms with E-state index in [1.165, 1.54) is 0 Å². The third-order valence-corrected chi connectivity index (χ3v) is 2.10. The maximum Gasteiger partial charge on any atom is 0.219 e. The van der Waals surface area contributed by atoms with Gasteiger partial charge < -0.3 is 9.64 Å². The van der Waals surface area contributed by atoms with Crippen LogP contribution in [-0.2, 0) is 4.74 Å². The molecule has 4 heteroatoms. The highest BCUT2D eigenvalue weighted by molar-refractivity contribution is 5.84. The number of hydrogen-bond donors (Lipinski definition) is 0. The SMILES string of the molecule is C=NC(=NC)N1CCC(OC)C1. The molecule has 1 heterocycles. The predicted octanol–water partition coefficient (Wildman–Crippen LogP) is 0.393. The van der Waals surface area contributed by atoms with Crippen molar-refractivity contribution in [1.82, 2.24) is 4.90 Å². The molecule has 1 atom stereocenters. The second kappa shape index (κ2) is 4.21. The van der Waals surface area contributed by atoms with Gasteiger partial charge in [0.25, 0.3) is 0 Å². The van der Waals surface area contributed by atoms with Crippen LogP contribution >= 0.6 is 0 Å². The minimum atomic E-state index is 0.323. The zero-order valence-corrected chi connectivity index (χ0v) is 7.66. The maximum absolute atomic E-state index is 5.22. The molecule has 1 unspecified atom stereocenters. The summed E-state index contributed by atoms with van der Waals surface area (Å²) in [6.45, 7) is 5.30. The highest BCUT2D eigenvalue weighted by Crippen LogP contribution is 2.12. The molecule has 0 radical (unpaired) electrons. The third-order valence-electron chi connectivity index (χ3n) is 2.10. The fraction of sp³-hybridized carbons (Fsp3) is 0.750. The van der Waals surface area contributed by atoms with Crippen molar-refractivity contribution in [3.63, 3.8) is 0 Å². The fourth-order valence-corrected chi connectivity index (χ4v) is 1.41. The van der Waals surface area contributed by atoms with Crippen LogP contribution < -0.4 is 0 Å². The van der Waals surface area contributed by atoms with Crippen LogP contribution in [0.4, 0.5) is 0 Å². The molecule has 12 heavy (non-hydrogen) atoms. The smallest absolute Gasteiger partial charge is 0.219 e. The fourth-order valence-electron chi connectivity index (χ4n) is 1.41. The largest absolute Gasteiger partial charge is 0.380 e. The van der Waals surface area contributed by atoms with E-state index in [9.17, 15) is 0 Å². The van der Waals surface area contributed by atoms with E-state index in [2.05, 4.69) is 21.6 Å². The lowest BCUT2D eigenvalue weighted by Gasteiger charge is -2.15. The first-order chi connectivity index (χ1) is 5.81. The second-order valence-corrected chi connectivity index (χ2v) is 2.77. The topological polar surface area (TPSA) is 37.2 Å². The van der Waals surface area contributed by atoms with Gasteiger partial charge in [-0.15, -0.1) is 0 Å². The zero-order valence-electron chi connectivity index (χ0n) is 7.66. The number of likely N-dealkylation sites (tertiary alicyclic amines) is 1. The summed E-state index contributed by atoms with van der Waals surface area (Å²) in [5.41, 5.74) is 0. The number of rotatable bonds is 1. The Morgan fingerprint density at radius 2 is 2.42 bits per heavy atom. The van der Waals surface area contributed by atoms with E-state index in [1.807, 2.05) is 0 Å². The van der Waals surface area contributed by atoms with Crippen LogP contribution in [0.25, 0.3) is 0 Å². The zero-order chi connectivity index (χ0) is 8.97. The van der Waals surface area contributed by atoms with E-state index < -0.39 is 0 Å². The van der Waals surface area contributed by atoms with Gasteiger partial charge in [0.1, 0.15) is 0 Å². The van der Waals surface area contributed by atoms with Crippen LogP contribution in [0.15, 0.2) is 9.98 Å². The lowest BCUT2D eigenvalue weighted by atomic mass is 10.3. The summed E-state index contributed by atoms with van der Waals surface area (Å²) in [6.07, 6.45) is 1.37. The van der Waals surface area contributed by atoms with Crippen LogP contribution in [0.5, 0.6) is 0 Å². The number of aliphatic imine (C=N–C) groups is 2. The Balaban J connectivity index is 2.50. The van der Waals surface area contributed by atoms with Crippen molar-refractivity contribution in [1.29, 1.82) is 0 Å². The minimum Gasteiger partial charge on any atom is -0.380 e. The van der Waals surface area contributed by atoms with E-state index in [0.29, 0.717) is 6.10 Å². The van der Waals surface area contributed by atoms with Crippen LogP contribution in [-0.4, -0.2) is 50.9 Å². The van der Waals surface area contributed by atoms with Crippen molar-refractivity contribution in [3.8, 4) is 0 Å². The number of ether oxygens (including phenoxy) is 1. The molecule has 0 spiro atoms. The van der Waals surface area contributed by atoms with Gasteiger partial charge in [0.15, 0.2) is 0 Å². The van der Waals surface area contributed by atoms with Crippen molar-refractivity contribution in [3.05, 3.63) is 0 Å². The van der Waals surface area contributed by atoms with E-state index in [-0.39, 0.29) is 0 Å². The third kappa shape index (κ3) is 1.82. The van der Waals surface area contributed by atoms with Gasteiger partial charge in [-0.3, -0.25) is 4.99 Å². The van der Waals surface area contributed by atoms with E-state index in [4.69, 9.17) is 4.74 Å². The molecule has 0 amide bonds. The molecule has 68 valence electrons. The van der Waals surface area contributed by atoms with Gasteiger partial charge in [-0.1, -0.05) is 0 Å². The summed E-state index contributed by atoms with van der Waals surface area (Å²) < 4.78 is 5.22. The Morgan fingerprint density at radius 3 is 2.83 bits per heavy atom. The van der Waals surface area contributed by atoms with E-state index in [0.717, 1.165) is 25.5 Å². The summed E-state index contributed by atoms with van der Waals surface area (Å²) in [7, 11) is 3.46. The van der Waals surface area contributed by atoms with Gasteiger partial charge in [-0.25, -0.2) is 4.99 Å². The highest BCUT2D eigenvalue weighted by atomic mass is 16.5. The first-order valence-electron chi connectivity index (χ1n) is 4.03. The summed E-state index contributed by atoms with van der Waals surface area (Å²) in [5.74, 6) is 0.717. The van der Waals surface area contributed by atoms with E-state index in [1.54, 1.807) is 14.2 Å². The van der Waals surface area contributed by atoms with Crippen molar-refractivity contribution in [2.24, 2.45) is 9.98 Å². The van der Waals surface area contributed by atoms with Crippen molar-refractivity contribution >= 4 is 12.7 Å². The molecule has 0 aromatic carbocycles. The molecule has 1 aliphatic heterocycles. The Morgan fingerprint density at radius 1 is 1.67 bits per heavy atom. The van der Waals surface area contributed by atoms with Gasteiger partial charge in [0.2, 0.25) is 5.96 Å². The molecule has 1 saturated heterocycles. The first-order valence-corrected chi connectivity index (χ1v) is 4.03. The van der Waals surface area contributed by atoms with Crippen LogP contribution in [0.2, 0.25) is 0 Å². The molecule has 0 aromatic heterocycles. The van der Waals surface area contributed by atoms with Gasteiger partial charge >= 0.3 is 0 Å². The Hall–Kier alpha value is -0.900. The number of methoxy groups -OCH3 is 1. The van der Waals surface area contributed by atoms with Crippen molar-refractivity contribution in [2.75, 3.05) is 27.2 Å². The Labute approximate surface area is 73.0 Å². The molecular weight excluding hydrogens is 154 g/mol. The molecule has 0 N–H and O–H groups in total. The maximum atomic E-state index is 5.22. The Kier molecular flexibility index (Phi) is 3.22. The normalized spacial score (nSPS) is 24.7. The monoisotopic (exact) mass is 169 g/mol. The molecule has 0 bridgehead atoms. The highest BCUT2D eigenvalue weighted by Gasteiger charge is 2.23. The molecule has 0 aliphatic carbocycles. The minimum absolute atomic E-state index is 0.323. The van der Waals surface area contributed by atoms with Gasteiger partial charge in [0.05, 0.1) is 6.10 Å². The summed E-state index contributed by atoms with van der Waals surface area (Å²) >= 11 is 0. The second-order valence-electron chi connectivity index (χ2n) is 2.77. The Bertz CT molecular complexity index is 191. The molecule has 1 rings (SSSR count). The lowest BCUT2D eigenvalue weighted by Crippen LogP contribution is -2.28. The summed E-state index contributed by atoms with van der Waals surface area (Å²) in [5, 5.41) is 0. The number of nitrogens with zero attached hydrogens (tertiary/aromatic N) is 3. The van der Waals surface area contributed by atoms with Gasteiger partial charge in [-0.05, 0) is 13.1 Å².